The van der Waals surface area contributed by atoms with Gasteiger partial charge in [-0.1, -0.05) is 42.5 Å². The maximum absolute atomic E-state index is 4.53. The van der Waals surface area contributed by atoms with Crippen LogP contribution in [0.5, 0.6) is 0 Å². The van der Waals surface area contributed by atoms with Crippen LogP contribution in [-0.4, -0.2) is 31.0 Å². The molecule has 3 aromatic heterocycles. The standard InChI is InChI=1S/C19H15N7/c1-12-16(13-6-4-5-9-17(13)22-12)10-20-23-18-14-7-2-3-8-15(14)19-24-21-11-26(19)25-18/h2-11,22H,1H3,(H,23,25)/b20-10-. The number of nitrogens with zero attached hydrogens (tertiary/aromatic N) is 5. The largest absolute Gasteiger partial charge is 0.358 e. The van der Waals surface area contributed by atoms with Gasteiger partial charge in [-0.25, -0.2) is 0 Å². The normalized spacial score (nSPS) is 11.9. The summed E-state index contributed by atoms with van der Waals surface area (Å²) >= 11 is 0. The van der Waals surface area contributed by atoms with Gasteiger partial charge in [-0.15, -0.1) is 15.3 Å². The van der Waals surface area contributed by atoms with Crippen molar-refractivity contribution in [1.82, 2.24) is 24.8 Å². The number of aryl methyl sites for hydroxylation is 1. The SMILES string of the molecule is Cc1[nH]c2ccccc2c1/C=N\Nc1nn2cnnc2c2ccccc12. The molecule has 0 saturated heterocycles. The second-order valence-corrected chi connectivity index (χ2v) is 6.07. The minimum atomic E-state index is 0.654. The first kappa shape index (κ1) is 14.6. The van der Waals surface area contributed by atoms with E-state index >= 15 is 0 Å². The first-order valence-electron chi connectivity index (χ1n) is 8.26. The molecule has 0 aliphatic carbocycles. The Morgan fingerprint density at radius 3 is 2.69 bits per heavy atom. The smallest absolute Gasteiger partial charge is 0.185 e. The number of hydrazone groups is 1. The fourth-order valence-electron chi connectivity index (χ4n) is 3.23. The quantitative estimate of drug-likeness (QED) is 0.388. The molecule has 0 atom stereocenters. The van der Waals surface area contributed by atoms with Crippen LogP contribution in [0.15, 0.2) is 60.0 Å². The van der Waals surface area contributed by atoms with Gasteiger partial charge in [-0.05, 0) is 13.0 Å². The first-order chi connectivity index (χ1) is 12.8. The summed E-state index contributed by atoms with van der Waals surface area (Å²) in [4.78, 5) is 3.37. The van der Waals surface area contributed by atoms with Crippen LogP contribution < -0.4 is 5.43 Å². The highest BCUT2D eigenvalue weighted by Gasteiger charge is 2.09. The zero-order valence-electron chi connectivity index (χ0n) is 14.0. The van der Waals surface area contributed by atoms with Gasteiger partial charge in [0.25, 0.3) is 0 Å². The molecule has 0 aliphatic rings. The highest BCUT2D eigenvalue weighted by atomic mass is 15.4. The average Bonchev–Trinajstić information content (AvgIpc) is 3.26. The number of hydrogen-bond acceptors (Lipinski definition) is 5. The predicted octanol–water partition coefficient (Wildman–Crippen LogP) is 3.51. The molecule has 0 aliphatic heterocycles. The molecule has 7 nitrogen and oxygen atoms in total. The second kappa shape index (κ2) is 5.66. The Bertz CT molecular complexity index is 1280. The van der Waals surface area contributed by atoms with Crippen molar-refractivity contribution in [1.29, 1.82) is 0 Å². The molecule has 0 radical (unpaired) electrons. The van der Waals surface area contributed by atoms with E-state index in [4.69, 9.17) is 0 Å². The van der Waals surface area contributed by atoms with E-state index in [0.717, 1.165) is 38.6 Å². The van der Waals surface area contributed by atoms with Gasteiger partial charge in [0.1, 0.15) is 6.33 Å². The van der Waals surface area contributed by atoms with Crippen molar-refractivity contribution in [3.8, 4) is 0 Å². The average molecular weight is 341 g/mol. The van der Waals surface area contributed by atoms with Gasteiger partial charge in [0.15, 0.2) is 11.5 Å². The summed E-state index contributed by atoms with van der Waals surface area (Å²) in [6.07, 6.45) is 3.40. The van der Waals surface area contributed by atoms with Gasteiger partial charge in [0, 0.05) is 32.9 Å². The number of fused-ring (bicyclic) bond motifs is 4. The van der Waals surface area contributed by atoms with Crippen molar-refractivity contribution in [2.75, 3.05) is 5.43 Å². The summed E-state index contributed by atoms with van der Waals surface area (Å²) in [5.74, 6) is 0.654. The number of anilines is 1. The van der Waals surface area contributed by atoms with E-state index in [0.29, 0.717) is 5.82 Å². The maximum atomic E-state index is 4.53. The van der Waals surface area contributed by atoms with Crippen LogP contribution >= 0.6 is 0 Å². The van der Waals surface area contributed by atoms with E-state index in [2.05, 4.69) is 42.9 Å². The van der Waals surface area contributed by atoms with Crippen molar-refractivity contribution >= 4 is 39.4 Å². The van der Waals surface area contributed by atoms with E-state index < -0.39 is 0 Å². The fourth-order valence-corrected chi connectivity index (χ4v) is 3.23. The van der Waals surface area contributed by atoms with E-state index in [-0.39, 0.29) is 0 Å². The van der Waals surface area contributed by atoms with Crippen LogP contribution in [0.2, 0.25) is 0 Å². The number of H-pyrrole nitrogens is 1. The van der Waals surface area contributed by atoms with Crippen molar-refractivity contribution in [3.05, 3.63) is 66.1 Å². The molecule has 0 fully saturated rings. The number of aromatic amines is 1. The topological polar surface area (TPSA) is 83.3 Å². The Morgan fingerprint density at radius 2 is 1.81 bits per heavy atom. The number of rotatable bonds is 3. The molecule has 0 saturated carbocycles. The summed E-state index contributed by atoms with van der Waals surface area (Å²) in [6, 6.07) is 16.1. The van der Waals surface area contributed by atoms with E-state index in [1.165, 1.54) is 0 Å². The molecule has 2 aromatic carbocycles. The van der Waals surface area contributed by atoms with Crippen LogP contribution in [0.4, 0.5) is 5.82 Å². The third-order valence-corrected chi connectivity index (χ3v) is 4.47. The summed E-state index contributed by atoms with van der Waals surface area (Å²) < 4.78 is 1.65. The van der Waals surface area contributed by atoms with Gasteiger partial charge in [0.2, 0.25) is 0 Å². The lowest BCUT2D eigenvalue weighted by Gasteiger charge is -2.05. The van der Waals surface area contributed by atoms with Crippen molar-refractivity contribution in [2.45, 2.75) is 6.92 Å². The molecule has 126 valence electrons. The molecule has 5 rings (SSSR count). The Labute approximate surface area is 148 Å². The minimum Gasteiger partial charge on any atom is -0.358 e. The number of para-hydroxylation sites is 1. The fraction of sp³-hybridized carbons (Fsp3) is 0.0526. The zero-order valence-corrected chi connectivity index (χ0v) is 14.0. The highest BCUT2D eigenvalue weighted by molar-refractivity contribution is 6.02. The lowest BCUT2D eigenvalue weighted by atomic mass is 10.1. The van der Waals surface area contributed by atoms with Crippen LogP contribution in [0, 0.1) is 6.92 Å². The number of aromatic nitrogens is 5. The summed E-state index contributed by atoms with van der Waals surface area (Å²) in [5, 5.41) is 20.1. The summed E-state index contributed by atoms with van der Waals surface area (Å²) in [6.45, 7) is 2.04. The van der Waals surface area contributed by atoms with E-state index in [1.807, 2.05) is 49.5 Å². The predicted molar refractivity (Wildman–Crippen MR) is 103 cm³/mol. The number of benzene rings is 2. The monoisotopic (exact) mass is 341 g/mol. The minimum absolute atomic E-state index is 0.654. The van der Waals surface area contributed by atoms with Crippen molar-refractivity contribution < 1.29 is 0 Å². The second-order valence-electron chi connectivity index (χ2n) is 6.07. The molecule has 5 aromatic rings. The van der Waals surface area contributed by atoms with Gasteiger partial charge in [-0.2, -0.15) is 9.62 Å². The molecule has 2 N–H and O–H groups in total. The first-order valence-corrected chi connectivity index (χ1v) is 8.26. The molecule has 26 heavy (non-hydrogen) atoms. The Balaban J connectivity index is 1.57. The van der Waals surface area contributed by atoms with Crippen molar-refractivity contribution in [3.63, 3.8) is 0 Å². The molecular formula is C19H15N7. The lowest BCUT2D eigenvalue weighted by Crippen LogP contribution is -2.00. The van der Waals surface area contributed by atoms with E-state index in [9.17, 15) is 0 Å². The lowest BCUT2D eigenvalue weighted by molar-refractivity contribution is 0.934. The van der Waals surface area contributed by atoms with Crippen LogP contribution in [0.1, 0.15) is 11.3 Å². The molecular weight excluding hydrogens is 326 g/mol. The summed E-state index contributed by atoms with van der Waals surface area (Å²) in [5.41, 5.74) is 7.02. The van der Waals surface area contributed by atoms with Crippen LogP contribution in [-0.2, 0) is 0 Å². The van der Waals surface area contributed by atoms with Crippen LogP contribution in [0.3, 0.4) is 0 Å². The third-order valence-electron chi connectivity index (χ3n) is 4.47. The molecule has 3 heterocycles. The van der Waals surface area contributed by atoms with Gasteiger partial charge >= 0.3 is 0 Å². The Kier molecular flexibility index (Phi) is 3.18. The van der Waals surface area contributed by atoms with Crippen molar-refractivity contribution in [2.24, 2.45) is 5.10 Å². The number of hydrogen-bond donors (Lipinski definition) is 2. The molecule has 0 spiro atoms. The van der Waals surface area contributed by atoms with Gasteiger partial charge in [0.05, 0.1) is 6.21 Å². The van der Waals surface area contributed by atoms with Gasteiger partial charge in [-0.3, -0.25) is 5.43 Å². The summed E-state index contributed by atoms with van der Waals surface area (Å²) in [7, 11) is 0. The number of nitrogens with one attached hydrogen (secondary N) is 2. The van der Waals surface area contributed by atoms with E-state index in [1.54, 1.807) is 10.8 Å². The highest BCUT2D eigenvalue weighted by Crippen LogP contribution is 2.24. The Morgan fingerprint density at radius 1 is 1.04 bits per heavy atom. The maximum Gasteiger partial charge on any atom is 0.185 e. The Hall–Kier alpha value is -3.74. The van der Waals surface area contributed by atoms with Gasteiger partial charge < -0.3 is 4.98 Å². The third kappa shape index (κ3) is 2.21. The zero-order chi connectivity index (χ0) is 17.5. The van der Waals surface area contributed by atoms with Crippen LogP contribution in [0.25, 0.3) is 27.3 Å². The molecule has 0 unspecified atom stereocenters. The molecule has 7 heteroatoms. The molecule has 0 amide bonds. The molecule has 0 bridgehead atoms.